The highest BCUT2D eigenvalue weighted by molar-refractivity contribution is 14.0. The van der Waals surface area contributed by atoms with Gasteiger partial charge in [0.1, 0.15) is 0 Å². The Morgan fingerprint density at radius 3 is 2.92 bits per heavy atom. The molecule has 2 N–H and O–H groups in total. The molecule has 9 heteroatoms. The van der Waals surface area contributed by atoms with E-state index in [1.54, 1.807) is 25.2 Å². The molecule has 1 fully saturated rings. The van der Waals surface area contributed by atoms with Crippen molar-refractivity contribution in [2.24, 2.45) is 10.9 Å². The van der Waals surface area contributed by atoms with E-state index in [1.807, 2.05) is 0 Å². The zero-order valence-electron chi connectivity index (χ0n) is 15.0. The van der Waals surface area contributed by atoms with Gasteiger partial charge in [0, 0.05) is 50.9 Å². The highest BCUT2D eigenvalue weighted by atomic mass is 127. The molecule has 8 nitrogen and oxygen atoms in total. The summed E-state index contributed by atoms with van der Waals surface area (Å²) in [6.07, 6.45) is 1.94. The van der Waals surface area contributed by atoms with Gasteiger partial charge in [-0.25, -0.2) is 0 Å². The molecule has 0 bridgehead atoms. The Hall–Kier alpha value is -1.46. The summed E-state index contributed by atoms with van der Waals surface area (Å²) in [7, 11) is 1.67. The van der Waals surface area contributed by atoms with Crippen LogP contribution in [0.5, 0.6) is 0 Å². The summed E-state index contributed by atoms with van der Waals surface area (Å²) in [4.78, 5) is 14.8. The molecule has 1 unspecified atom stereocenters. The average molecular weight is 478 g/mol. The Kier molecular flexibility index (Phi) is 11.1. The van der Waals surface area contributed by atoms with Gasteiger partial charge in [0.2, 0.25) is 0 Å². The van der Waals surface area contributed by atoms with E-state index >= 15 is 0 Å². The van der Waals surface area contributed by atoms with Crippen molar-refractivity contribution in [1.82, 2.24) is 10.6 Å². The second-order valence-corrected chi connectivity index (χ2v) is 5.90. The molecule has 1 aliphatic heterocycles. The van der Waals surface area contributed by atoms with Crippen LogP contribution in [0.25, 0.3) is 0 Å². The lowest BCUT2D eigenvalue weighted by Gasteiger charge is -2.13. The fourth-order valence-electron chi connectivity index (χ4n) is 2.58. The first kappa shape index (κ1) is 22.6. The molecule has 0 radical (unpaired) electrons. The molecule has 26 heavy (non-hydrogen) atoms. The van der Waals surface area contributed by atoms with Crippen molar-refractivity contribution in [2.45, 2.75) is 19.4 Å². The van der Waals surface area contributed by atoms with Gasteiger partial charge < -0.3 is 20.1 Å². The van der Waals surface area contributed by atoms with Crippen LogP contribution in [-0.2, 0) is 16.0 Å². The number of rotatable bonds is 9. The molecule has 1 aliphatic rings. The maximum absolute atomic E-state index is 11.0. The van der Waals surface area contributed by atoms with E-state index in [0.29, 0.717) is 30.6 Å². The molecule has 1 atom stereocenters. The number of nitro benzene ring substituents is 1. The van der Waals surface area contributed by atoms with Crippen LogP contribution < -0.4 is 10.6 Å². The van der Waals surface area contributed by atoms with E-state index in [9.17, 15) is 10.1 Å². The van der Waals surface area contributed by atoms with Crippen molar-refractivity contribution in [3.8, 4) is 0 Å². The number of benzene rings is 1. The van der Waals surface area contributed by atoms with Crippen molar-refractivity contribution in [2.75, 3.05) is 40.0 Å². The molecule has 0 saturated carbocycles. The minimum absolute atomic E-state index is 0. The standard InChI is InChI=1S/C17H26N4O4.HI/c1-18-17(19-8-4-9-24-12-14-7-10-25-13-14)20-11-15-5-2-3-6-16(15)21(22)23;/h2-3,5-6,14H,4,7-13H2,1H3,(H2,18,19,20);1H. The summed E-state index contributed by atoms with van der Waals surface area (Å²) in [6.45, 7) is 4.15. The Morgan fingerprint density at radius 1 is 1.42 bits per heavy atom. The minimum atomic E-state index is -0.375. The van der Waals surface area contributed by atoms with Gasteiger partial charge in [-0.05, 0) is 12.8 Å². The van der Waals surface area contributed by atoms with E-state index in [0.717, 1.165) is 39.2 Å². The highest BCUT2D eigenvalue weighted by Crippen LogP contribution is 2.17. The van der Waals surface area contributed by atoms with Crippen LogP contribution in [-0.4, -0.2) is 50.9 Å². The first-order valence-electron chi connectivity index (χ1n) is 8.53. The smallest absolute Gasteiger partial charge is 0.274 e. The third kappa shape index (κ3) is 7.83. The Bertz CT molecular complexity index is 580. The number of aliphatic imine (C=N–C) groups is 1. The van der Waals surface area contributed by atoms with E-state index in [4.69, 9.17) is 9.47 Å². The summed E-state index contributed by atoms with van der Waals surface area (Å²) in [5.41, 5.74) is 0.729. The molecular formula is C17H27IN4O4. The van der Waals surface area contributed by atoms with Crippen LogP contribution in [0.4, 0.5) is 5.69 Å². The van der Waals surface area contributed by atoms with E-state index in [1.165, 1.54) is 6.07 Å². The highest BCUT2D eigenvalue weighted by Gasteiger charge is 2.15. The third-order valence-electron chi connectivity index (χ3n) is 3.99. The van der Waals surface area contributed by atoms with Crippen molar-refractivity contribution >= 4 is 35.6 Å². The zero-order valence-corrected chi connectivity index (χ0v) is 17.3. The number of guanidine groups is 1. The normalized spacial score (nSPS) is 16.8. The molecule has 0 aromatic heterocycles. The summed E-state index contributed by atoms with van der Waals surface area (Å²) in [5, 5.41) is 17.3. The number of para-hydroxylation sites is 1. The lowest BCUT2D eigenvalue weighted by atomic mass is 10.1. The first-order valence-corrected chi connectivity index (χ1v) is 8.53. The van der Waals surface area contributed by atoms with Crippen LogP contribution >= 0.6 is 24.0 Å². The van der Waals surface area contributed by atoms with Crippen LogP contribution in [0, 0.1) is 16.0 Å². The molecule has 0 aliphatic carbocycles. The number of halogens is 1. The predicted molar refractivity (Wildman–Crippen MR) is 111 cm³/mol. The van der Waals surface area contributed by atoms with Gasteiger partial charge >= 0.3 is 0 Å². The fourth-order valence-corrected chi connectivity index (χ4v) is 2.58. The number of hydrogen-bond donors (Lipinski definition) is 2. The van der Waals surface area contributed by atoms with E-state index in [-0.39, 0.29) is 34.6 Å². The molecule has 1 aromatic carbocycles. The van der Waals surface area contributed by atoms with Crippen LogP contribution in [0.2, 0.25) is 0 Å². The van der Waals surface area contributed by atoms with Gasteiger partial charge in [0.15, 0.2) is 5.96 Å². The molecule has 0 amide bonds. The second-order valence-electron chi connectivity index (χ2n) is 5.90. The molecular weight excluding hydrogens is 451 g/mol. The van der Waals surface area contributed by atoms with Gasteiger partial charge in [0.05, 0.1) is 18.1 Å². The van der Waals surface area contributed by atoms with Crippen LogP contribution in [0.1, 0.15) is 18.4 Å². The zero-order chi connectivity index (χ0) is 17.9. The van der Waals surface area contributed by atoms with E-state index < -0.39 is 0 Å². The average Bonchev–Trinajstić information content (AvgIpc) is 3.14. The maximum Gasteiger partial charge on any atom is 0.274 e. The van der Waals surface area contributed by atoms with Gasteiger partial charge in [-0.3, -0.25) is 15.1 Å². The summed E-state index contributed by atoms with van der Waals surface area (Å²) in [6, 6.07) is 6.68. The number of nitro groups is 1. The molecule has 1 aromatic rings. The Labute approximate surface area is 170 Å². The lowest BCUT2D eigenvalue weighted by molar-refractivity contribution is -0.385. The minimum Gasteiger partial charge on any atom is -0.381 e. The van der Waals surface area contributed by atoms with E-state index in [2.05, 4.69) is 15.6 Å². The largest absolute Gasteiger partial charge is 0.381 e. The molecule has 0 spiro atoms. The van der Waals surface area contributed by atoms with Gasteiger partial charge in [0.25, 0.3) is 5.69 Å². The quantitative estimate of drug-likeness (QED) is 0.141. The SMILES string of the molecule is CN=C(NCCCOCC1CCOC1)NCc1ccccc1[N+](=O)[O-].I. The second kappa shape index (κ2) is 12.8. The molecule has 1 saturated heterocycles. The van der Waals surface area contributed by atoms with Crippen LogP contribution in [0.15, 0.2) is 29.3 Å². The number of nitrogens with zero attached hydrogens (tertiary/aromatic N) is 2. The molecule has 146 valence electrons. The van der Waals surface area contributed by atoms with Gasteiger partial charge in [-0.1, -0.05) is 18.2 Å². The fraction of sp³-hybridized carbons (Fsp3) is 0.588. The molecule has 2 rings (SSSR count). The van der Waals surface area contributed by atoms with Gasteiger partial charge in [-0.2, -0.15) is 0 Å². The first-order chi connectivity index (χ1) is 12.2. The summed E-state index contributed by atoms with van der Waals surface area (Å²) >= 11 is 0. The Morgan fingerprint density at radius 2 is 2.23 bits per heavy atom. The Balaban J connectivity index is 0.00000338. The lowest BCUT2D eigenvalue weighted by Crippen LogP contribution is -2.37. The maximum atomic E-state index is 11.0. The van der Waals surface area contributed by atoms with Gasteiger partial charge in [-0.15, -0.1) is 24.0 Å². The predicted octanol–water partition coefficient (Wildman–Crippen LogP) is 2.32. The van der Waals surface area contributed by atoms with Crippen molar-refractivity contribution in [1.29, 1.82) is 0 Å². The van der Waals surface area contributed by atoms with Crippen molar-refractivity contribution in [3.05, 3.63) is 39.9 Å². The van der Waals surface area contributed by atoms with Crippen molar-refractivity contribution < 1.29 is 14.4 Å². The topological polar surface area (TPSA) is 98.0 Å². The van der Waals surface area contributed by atoms with Crippen molar-refractivity contribution in [3.63, 3.8) is 0 Å². The third-order valence-corrected chi connectivity index (χ3v) is 3.99. The monoisotopic (exact) mass is 478 g/mol. The number of nitrogens with one attached hydrogen (secondary N) is 2. The summed E-state index contributed by atoms with van der Waals surface area (Å²) in [5.74, 6) is 1.14. The summed E-state index contributed by atoms with van der Waals surface area (Å²) < 4.78 is 11.0. The number of ether oxygens (including phenoxy) is 2. The van der Waals surface area contributed by atoms with Crippen LogP contribution in [0.3, 0.4) is 0 Å². The molecule has 1 heterocycles. The number of hydrogen-bond acceptors (Lipinski definition) is 5.